The van der Waals surface area contributed by atoms with E-state index in [1.54, 1.807) is 0 Å². The Hall–Kier alpha value is 1.86. The van der Waals surface area contributed by atoms with Crippen molar-refractivity contribution in [2.75, 3.05) is 0 Å². The van der Waals surface area contributed by atoms with Gasteiger partial charge in [-0.05, 0) is 0 Å². The van der Waals surface area contributed by atoms with Gasteiger partial charge in [-0.2, -0.15) is 0 Å². The van der Waals surface area contributed by atoms with Gasteiger partial charge in [-0.3, -0.25) is 0 Å². The number of hydrogen-bond acceptors (Lipinski definition) is 6. The van der Waals surface area contributed by atoms with Crippen LogP contribution in [0.5, 0.6) is 0 Å². The molecule has 0 heterocycles. The van der Waals surface area contributed by atoms with Crippen molar-refractivity contribution in [2.24, 2.45) is 0 Å². The van der Waals surface area contributed by atoms with Crippen LogP contribution >= 0.6 is 0 Å². The summed E-state index contributed by atoms with van der Waals surface area (Å²) in [5.41, 5.74) is 0. The Balaban J connectivity index is -0.0000000193. The monoisotopic (exact) mass is 345 g/mol. The molecule has 13 heteroatoms. The van der Waals surface area contributed by atoms with Gasteiger partial charge in [0.15, 0.2) is 0 Å². The molecular formula is C4H12CuKNaO10. The second kappa shape index (κ2) is 26.4. The number of aliphatic hydroxyl groups excluding tert-OH is 2. The van der Waals surface area contributed by atoms with Crippen LogP contribution in [0.25, 0.3) is 0 Å². The first-order chi connectivity index (χ1) is 4.46. The maximum absolute atomic E-state index is 9.63. The maximum Gasteiger partial charge on any atom is 1.00 e. The second-order valence-corrected chi connectivity index (χ2v) is 1.53. The zero-order valence-electron chi connectivity index (χ0n) is 8.98. The number of aliphatic carboxylic acids is 2. The summed E-state index contributed by atoms with van der Waals surface area (Å²) in [5, 5.41) is 35.7. The molecule has 10 N–H and O–H groups in total. The number of carbonyl (C=O) groups is 2. The summed E-state index contributed by atoms with van der Waals surface area (Å²) >= 11 is 0. The van der Waals surface area contributed by atoms with E-state index in [0.717, 1.165) is 0 Å². The van der Waals surface area contributed by atoms with E-state index in [4.69, 9.17) is 10.2 Å². The number of hydrogen-bond donors (Lipinski definition) is 2. The van der Waals surface area contributed by atoms with Crippen molar-refractivity contribution in [3.8, 4) is 0 Å². The topological polar surface area (TPSA) is 247 Å². The minimum atomic E-state index is -2.44. The minimum absolute atomic E-state index is 0. The van der Waals surface area contributed by atoms with Gasteiger partial charge in [-0.25, -0.2) is 0 Å². The summed E-state index contributed by atoms with van der Waals surface area (Å²) < 4.78 is 0. The summed E-state index contributed by atoms with van der Waals surface area (Å²) in [6, 6.07) is 0. The van der Waals surface area contributed by atoms with E-state index in [9.17, 15) is 19.8 Å². The van der Waals surface area contributed by atoms with Crippen LogP contribution in [-0.4, -0.2) is 56.3 Å². The second-order valence-electron chi connectivity index (χ2n) is 1.53. The van der Waals surface area contributed by atoms with Crippen molar-refractivity contribution < 1.29 is 150 Å². The molecule has 0 saturated carbocycles. The maximum atomic E-state index is 9.63. The summed E-state index contributed by atoms with van der Waals surface area (Å²) in [6.45, 7) is 0. The molecule has 0 amide bonds. The van der Waals surface area contributed by atoms with E-state index >= 15 is 0 Å². The molecule has 0 aliphatic heterocycles. The molecule has 17 heavy (non-hydrogen) atoms. The quantitative estimate of drug-likeness (QED) is 0.469. The molecule has 0 fully saturated rings. The van der Waals surface area contributed by atoms with Gasteiger partial charge in [-0.1, -0.05) is 0 Å². The fourth-order valence-electron chi connectivity index (χ4n) is 0.258. The molecule has 0 aromatic carbocycles. The van der Waals surface area contributed by atoms with Gasteiger partial charge in [0, 0.05) is 17.1 Å². The van der Waals surface area contributed by atoms with Crippen molar-refractivity contribution in [3.05, 3.63) is 0 Å². The third kappa shape index (κ3) is 23.4. The molecule has 2 atom stereocenters. The third-order valence-corrected chi connectivity index (χ3v) is 0.782. The summed E-state index contributed by atoms with van der Waals surface area (Å²) in [7, 11) is 0. The average molecular weight is 346 g/mol. The van der Waals surface area contributed by atoms with Gasteiger partial charge in [0.05, 0.1) is 11.9 Å². The average Bonchev–Trinajstić information content (AvgIpc) is 1.84. The van der Waals surface area contributed by atoms with Gasteiger partial charge >= 0.3 is 80.9 Å². The Labute approximate surface area is 171 Å². The van der Waals surface area contributed by atoms with Crippen LogP contribution in [0.1, 0.15) is 0 Å². The number of aliphatic hydroxyl groups is 2. The van der Waals surface area contributed by atoms with E-state index in [2.05, 4.69) is 0 Å². The van der Waals surface area contributed by atoms with Crippen molar-refractivity contribution in [1.29, 1.82) is 0 Å². The van der Waals surface area contributed by atoms with Crippen LogP contribution in [0.15, 0.2) is 0 Å². The number of carboxylic acid groups (broad SMARTS) is 2. The molecule has 0 spiro atoms. The first-order valence-electron chi connectivity index (χ1n) is 2.24. The number of carbonyl (C=O) groups excluding carboxylic acids is 2. The Bertz CT molecular complexity index is 152. The zero-order valence-corrected chi connectivity index (χ0v) is 15.0. The van der Waals surface area contributed by atoms with E-state index in [0.29, 0.717) is 0 Å². The predicted octanol–water partition coefficient (Wildman–Crippen LogP) is -14.1. The first-order valence-corrected chi connectivity index (χ1v) is 2.24. The van der Waals surface area contributed by atoms with Crippen LogP contribution in [0.2, 0.25) is 0 Å². The van der Waals surface area contributed by atoms with Gasteiger partial charge in [0.1, 0.15) is 12.2 Å². The molecule has 0 aromatic heterocycles. The minimum Gasteiger partial charge on any atom is -0.547 e. The molecular weight excluding hydrogens is 334 g/mol. The number of rotatable bonds is 3. The van der Waals surface area contributed by atoms with E-state index < -0.39 is 24.1 Å². The third-order valence-electron chi connectivity index (χ3n) is 0.782. The van der Waals surface area contributed by atoms with E-state index in [1.807, 2.05) is 0 Å². The molecule has 0 aromatic rings. The van der Waals surface area contributed by atoms with Gasteiger partial charge in [0.25, 0.3) is 0 Å². The SMILES string of the molecule is O.O.O.O.O=C([O-])C(O)C(O)C(=O)[O-].[Cu].[K+].[Na+]. The molecule has 2 unspecified atom stereocenters. The van der Waals surface area contributed by atoms with Gasteiger partial charge in [-0.15, -0.1) is 0 Å². The largest absolute Gasteiger partial charge is 1.00 e. The molecule has 0 aliphatic rings. The standard InChI is InChI=1S/C4H6O6.Cu.K.Na.4H2O/c5-1(3(7)8)2(6)4(9)10;;;;;;;/h1-2,5-6H,(H,7,8)(H,9,10);;;;4*1H2/q;;2*+1;;;;/p-2. The van der Waals surface area contributed by atoms with Crippen LogP contribution in [-0.2, 0) is 26.7 Å². The van der Waals surface area contributed by atoms with E-state index in [-0.39, 0.29) is 120 Å². The van der Waals surface area contributed by atoms with Crippen molar-refractivity contribution in [1.82, 2.24) is 0 Å². The fourth-order valence-corrected chi connectivity index (χ4v) is 0.258. The Morgan fingerprint density at radius 1 is 0.824 bits per heavy atom. The van der Waals surface area contributed by atoms with E-state index in [1.165, 1.54) is 0 Å². The Morgan fingerprint density at radius 3 is 1.00 bits per heavy atom. The molecule has 10 nitrogen and oxygen atoms in total. The normalized spacial score (nSPS) is 9.29. The Morgan fingerprint density at radius 2 is 0.941 bits per heavy atom. The smallest absolute Gasteiger partial charge is 0.547 e. The molecule has 0 bridgehead atoms. The number of carboxylic acids is 2. The zero-order chi connectivity index (χ0) is 8.31. The first kappa shape index (κ1) is 51.0. The van der Waals surface area contributed by atoms with Crippen molar-refractivity contribution in [2.45, 2.75) is 12.2 Å². The van der Waals surface area contributed by atoms with Gasteiger partial charge in [0.2, 0.25) is 0 Å². The predicted molar refractivity (Wildman–Crippen MR) is 36.5 cm³/mol. The summed E-state index contributed by atoms with van der Waals surface area (Å²) in [5.74, 6) is -4.12. The van der Waals surface area contributed by atoms with Crippen LogP contribution < -0.4 is 91.2 Å². The van der Waals surface area contributed by atoms with Crippen LogP contribution in [0.3, 0.4) is 0 Å². The van der Waals surface area contributed by atoms with Crippen LogP contribution in [0.4, 0.5) is 0 Å². The molecule has 1 radical (unpaired) electrons. The van der Waals surface area contributed by atoms with Gasteiger partial charge < -0.3 is 51.9 Å². The summed E-state index contributed by atoms with van der Waals surface area (Å²) in [6.07, 6.45) is -4.88. The van der Waals surface area contributed by atoms with Crippen molar-refractivity contribution in [3.63, 3.8) is 0 Å². The molecule has 0 aliphatic carbocycles. The molecule has 0 saturated heterocycles. The van der Waals surface area contributed by atoms with Crippen molar-refractivity contribution >= 4 is 11.9 Å². The Kier molecular flexibility index (Phi) is 79.3. The van der Waals surface area contributed by atoms with Crippen LogP contribution in [0, 0.1) is 0 Å². The summed E-state index contributed by atoms with van der Waals surface area (Å²) in [4.78, 5) is 19.3. The fraction of sp³-hybridized carbons (Fsp3) is 0.500. The molecule has 0 rings (SSSR count). The molecule has 101 valence electrons.